The van der Waals surface area contributed by atoms with Crippen molar-refractivity contribution in [3.63, 3.8) is 0 Å². The number of nitrogens with two attached hydrogens (primary N) is 1. The average molecular weight is 273 g/mol. The second-order valence-electron chi connectivity index (χ2n) is 3.69. The minimum absolute atomic E-state index is 0.272. The molecule has 0 amide bonds. The van der Waals surface area contributed by atoms with E-state index in [1.54, 1.807) is 0 Å². The molecule has 5 nitrogen and oxygen atoms in total. The highest BCUT2D eigenvalue weighted by molar-refractivity contribution is 7.99. The molecule has 1 aromatic heterocycles. The van der Waals surface area contributed by atoms with Crippen molar-refractivity contribution < 1.29 is 9.53 Å². The quantitative estimate of drug-likeness (QED) is 0.823. The third-order valence-electron chi connectivity index (χ3n) is 2.60. The van der Waals surface area contributed by atoms with Gasteiger partial charge >= 0.3 is 5.97 Å². The van der Waals surface area contributed by atoms with E-state index in [9.17, 15) is 4.79 Å². The maximum Gasteiger partial charge on any atom is 0.344 e. The monoisotopic (exact) mass is 273 g/mol. The number of rotatable bonds is 2. The van der Waals surface area contributed by atoms with Crippen LogP contribution in [0.5, 0.6) is 0 Å². The lowest BCUT2D eigenvalue weighted by molar-refractivity contribution is 0.0603. The van der Waals surface area contributed by atoms with Gasteiger partial charge in [0, 0.05) is 18.8 Å². The first kappa shape index (κ1) is 12.5. The number of anilines is 2. The van der Waals surface area contributed by atoms with Crippen molar-refractivity contribution in [1.29, 1.82) is 0 Å². The third-order valence-corrected chi connectivity index (χ3v) is 4.57. The molecule has 17 heavy (non-hydrogen) atoms. The van der Waals surface area contributed by atoms with Crippen LogP contribution in [-0.4, -0.2) is 42.0 Å². The topological polar surface area (TPSA) is 68.5 Å². The molecular weight excluding hydrogens is 258 g/mol. The Bertz CT molecular complexity index is 400. The first-order valence-electron chi connectivity index (χ1n) is 5.40. The predicted molar refractivity (Wildman–Crippen MR) is 72.0 cm³/mol. The maximum atomic E-state index is 11.7. The number of hydrogen-bond donors (Lipinski definition) is 1. The maximum absolute atomic E-state index is 11.7. The molecule has 2 rings (SSSR count). The van der Waals surface area contributed by atoms with Gasteiger partial charge in [0.15, 0.2) is 5.82 Å². The number of aromatic nitrogens is 1. The molecule has 0 spiro atoms. The van der Waals surface area contributed by atoms with E-state index in [1.165, 1.54) is 24.4 Å². The van der Waals surface area contributed by atoms with Gasteiger partial charge in [0.1, 0.15) is 10.6 Å². The van der Waals surface area contributed by atoms with Crippen molar-refractivity contribution in [2.24, 2.45) is 0 Å². The zero-order valence-electron chi connectivity index (χ0n) is 9.64. The number of carbonyl (C=O) groups is 1. The minimum Gasteiger partial charge on any atom is -0.465 e. The van der Waals surface area contributed by atoms with Gasteiger partial charge in [-0.05, 0) is 23.7 Å². The van der Waals surface area contributed by atoms with E-state index in [1.807, 2.05) is 11.8 Å². The van der Waals surface area contributed by atoms with Gasteiger partial charge in [-0.3, -0.25) is 0 Å². The molecule has 0 bridgehead atoms. The van der Waals surface area contributed by atoms with Gasteiger partial charge < -0.3 is 15.4 Å². The summed E-state index contributed by atoms with van der Waals surface area (Å²) in [7, 11) is 1.36. The van der Waals surface area contributed by atoms with Gasteiger partial charge in [0.25, 0.3) is 0 Å². The zero-order valence-corrected chi connectivity index (χ0v) is 11.3. The van der Waals surface area contributed by atoms with Gasteiger partial charge in [-0.25, -0.2) is 4.79 Å². The standard InChI is InChI=1S/C10H15N3O2S2/c1-15-10(14)7-8(11)12-17-9(7)13-3-2-5-16-6-4-13/h2-6H2,1H3,(H2,11,12). The molecule has 94 valence electrons. The van der Waals surface area contributed by atoms with Crippen molar-refractivity contribution in [2.75, 3.05) is 42.3 Å². The summed E-state index contributed by atoms with van der Waals surface area (Å²) in [4.78, 5) is 13.9. The molecule has 2 N–H and O–H groups in total. The Labute approximate surface area is 108 Å². The molecule has 1 aliphatic rings. The molecule has 0 aliphatic carbocycles. The Kier molecular flexibility index (Phi) is 4.11. The molecular formula is C10H15N3O2S2. The van der Waals surface area contributed by atoms with Crippen LogP contribution in [-0.2, 0) is 4.74 Å². The van der Waals surface area contributed by atoms with E-state index >= 15 is 0 Å². The number of nitrogen functional groups attached to an aromatic ring is 1. The highest BCUT2D eigenvalue weighted by atomic mass is 32.2. The summed E-state index contributed by atoms with van der Waals surface area (Å²) < 4.78 is 8.82. The number of esters is 1. The van der Waals surface area contributed by atoms with Crippen molar-refractivity contribution in [1.82, 2.24) is 4.37 Å². The van der Waals surface area contributed by atoms with E-state index in [4.69, 9.17) is 10.5 Å². The summed E-state index contributed by atoms with van der Waals surface area (Å²) >= 11 is 3.21. The van der Waals surface area contributed by atoms with Crippen LogP contribution in [0.3, 0.4) is 0 Å². The average Bonchev–Trinajstić information content (AvgIpc) is 2.57. The Hall–Kier alpha value is -0.950. The fourth-order valence-electron chi connectivity index (χ4n) is 1.75. The fraction of sp³-hybridized carbons (Fsp3) is 0.600. The van der Waals surface area contributed by atoms with Crippen molar-refractivity contribution in [3.05, 3.63) is 5.56 Å². The summed E-state index contributed by atoms with van der Waals surface area (Å²) in [5, 5.41) is 0.844. The number of ether oxygens (including phenoxy) is 1. The van der Waals surface area contributed by atoms with Crippen LogP contribution in [0.25, 0.3) is 0 Å². The SMILES string of the molecule is COC(=O)c1c(N)nsc1N1CCCSCC1. The summed E-state index contributed by atoms with van der Waals surface area (Å²) in [6, 6.07) is 0. The first-order valence-corrected chi connectivity index (χ1v) is 7.33. The molecule has 0 aromatic carbocycles. The van der Waals surface area contributed by atoms with Gasteiger partial charge in [-0.15, -0.1) is 0 Å². The van der Waals surface area contributed by atoms with Crippen molar-refractivity contribution in [2.45, 2.75) is 6.42 Å². The molecule has 1 aliphatic heterocycles. The molecule has 1 aromatic rings. The van der Waals surface area contributed by atoms with Crippen LogP contribution >= 0.6 is 23.3 Å². The fourth-order valence-corrected chi connectivity index (χ4v) is 3.49. The van der Waals surface area contributed by atoms with E-state index in [2.05, 4.69) is 9.27 Å². The lowest BCUT2D eigenvalue weighted by Crippen LogP contribution is -2.26. The Balaban J connectivity index is 2.27. The Morgan fingerprint density at radius 1 is 1.47 bits per heavy atom. The number of methoxy groups -OCH3 is 1. The highest BCUT2D eigenvalue weighted by Gasteiger charge is 2.24. The normalized spacial score (nSPS) is 16.6. The lowest BCUT2D eigenvalue weighted by Gasteiger charge is -2.20. The summed E-state index contributed by atoms with van der Waals surface area (Å²) in [6.45, 7) is 1.87. The van der Waals surface area contributed by atoms with E-state index in [-0.39, 0.29) is 5.82 Å². The largest absolute Gasteiger partial charge is 0.465 e. The first-order chi connectivity index (χ1) is 8.24. The second kappa shape index (κ2) is 5.59. The molecule has 7 heteroatoms. The molecule has 0 radical (unpaired) electrons. The Morgan fingerprint density at radius 3 is 3.06 bits per heavy atom. The minimum atomic E-state index is -0.400. The van der Waals surface area contributed by atoms with Gasteiger partial charge in [0.05, 0.1) is 7.11 Å². The smallest absolute Gasteiger partial charge is 0.344 e. The lowest BCUT2D eigenvalue weighted by atomic mass is 10.3. The third kappa shape index (κ3) is 2.66. The number of carbonyl (C=O) groups excluding carboxylic acids is 1. The van der Waals surface area contributed by atoms with Crippen molar-refractivity contribution in [3.8, 4) is 0 Å². The van der Waals surface area contributed by atoms with Crippen LogP contribution in [0.1, 0.15) is 16.8 Å². The molecule has 2 heterocycles. The van der Waals surface area contributed by atoms with Crippen LogP contribution < -0.4 is 10.6 Å². The molecule has 1 saturated heterocycles. The van der Waals surface area contributed by atoms with E-state index < -0.39 is 5.97 Å². The number of hydrogen-bond acceptors (Lipinski definition) is 7. The second-order valence-corrected chi connectivity index (χ2v) is 5.67. The van der Waals surface area contributed by atoms with E-state index in [0.29, 0.717) is 5.56 Å². The Morgan fingerprint density at radius 2 is 2.29 bits per heavy atom. The molecule has 0 atom stereocenters. The molecule has 1 fully saturated rings. The molecule has 0 saturated carbocycles. The van der Waals surface area contributed by atoms with Crippen LogP contribution in [0.2, 0.25) is 0 Å². The zero-order chi connectivity index (χ0) is 12.3. The summed E-state index contributed by atoms with van der Waals surface area (Å²) in [6.07, 6.45) is 1.11. The van der Waals surface area contributed by atoms with Crippen LogP contribution in [0.15, 0.2) is 0 Å². The summed E-state index contributed by atoms with van der Waals surface area (Å²) in [5.74, 6) is 2.11. The summed E-state index contributed by atoms with van der Waals surface area (Å²) in [5.41, 5.74) is 6.15. The van der Waals surface area contributed by atoms with E-state index in [0.717, 1.165) is 30.3 Å². The van der Waals surface area contributed by atoms with Gasteiger partial charge in [0.2, 0.25) is 0 Å². The van der Waals surface area contributed by atoms with Crippen molar-refractivity contribution >= 4 is 40.1 Å². The molecule has 0 unspecified atom stereocenters. The van der Waals surface area contributed by atoms with Crippen LogP contribution in [0, 0.1) is 0 Å². The van der Waals surface area contributed by atoms with Gasteiger partial charge in [-0.2, -0.15) is 16.1 Å². The number of nitrogens with zero attached hydrogens (tertiary/aromatic N) is 2. The predicted octanol–water partition coefficient (Wildman–Crippen LogP) is 1.46. The van der Waals surface area contributed by atoms with Crippen LogP contribution in [0.4, 0.5) is 10.8 Å². The number of thioether (sulfide) groups is 1. The van der Waals surface area contributed by atoms with Gasteiger partial charge in [-0.1, -0.05) is 0 Å². The highest BCUT2D eigenvalue weighted by Crippen LogP contribution is 2.32.